The van der Waals surface area contributed by atoms with E-state index < -0.39 is 0 Å². The number of hydrogen-bond acceptors (Lipinski definition) is 4. The molecule has 158 valence electrons. The summed E-state index contributed by atoms with van der Waals surface area (Å²) in [6.45, 7) is 5.45. The van der Waals surface area contributed by atoms with Gasteiger partial charge in [0.2, 0.25) is 0 Å². The van der Waals surface area contributed by atoms with Crippen LogP contribution in [0.4, 0.5) is 0 Å². The molecule has 0 aliphatic carbocycles. The second-order valence-electron chi connectivity index (χ2n) is 7.58. The monoisotopic (exact) mass is 510 g/mol. The third kappa shape index (κ3) is 5.49. The van der Waals surface area contributed by atoms with E-state index in [2.05, 4.69) is 61.7 Å². The van der Waals surface area contributed by atoms with Gasteiger partial charge in [-0.1, -0.05) is 30.3 Å². The van der Waals surface area contributed by atoms with Gasteiger partial charge in [-0.3, -0.25) is 14.6 Å². The van der Waals surface area contributed by atoms with E-state index in [4.69, 9.17) is 4.74 Å². The van der Waals surface area contributed by atoms with E-state index in [1.807, 2.05) is 25.0 Å². The van der Waals surface area contributed by atoms with Crippen LogP contribution in [0.2, 0.25) is 0 Å². The summed E-state index contributed by atoms with van der Waals surface area (Å²) in [7, 11) is 3.81. The number of morpholine rings is 1. The molecule has 29 heavy (non-hydrogen) atoms. The predicted octanol–water partition coefficient (Wildman–Crippen LogP) is 1.74. The molecule has 2 saturated heterocycles. The largest absolute Gasteiger partial charge is 0.373 e. The summed E-state index contributed by atoms with van der Waals surface area (Å²) in [4.78, 5) is 9.41. The molecule has 0 radical (unpaired) electrons. The number of aryl methyl sites for hydroxylation is 1. The smallest absolute Gasteiger partial charge is 0.193 e. The Kier molecular flexibility index (Phi) is 7.91. The van der Waals surface area contributed by atoms with Crippen molar-refractivity contribution >= 4 is 29.9 Å². The first kappa shape index (κ1) is 22.0. The molecule has 7 nitrogen and oxygen atoms in total. The molecule has 0 amide bonds. The van der Waals surface area contributed by atoms with Crippen molar-refractivity contribution in [3.05, 3.63) is 53.9 Å². The highest BCUT2D eigenvalue weighted by Gasteiger charge is 2.41. The average Bonchev–Trinajstić information content (AvgIpc) is 3.33. The van der Waals surface area contributed by atoms with Gasteiger partial charge in [-0.2, -0.15) is 5.10 Å². The Morgan fingerprint density at radius 1 is 1.24 bits per heavy atom. The Hall–Kier alpha value is -1.65. The van der Waals surface area contributed by atoms with E-state index in [1.54, 1.807) is 0 Å². The molecule has 0 spiro atoms. The fourth-order valence-electron chi connectivity index (χ4n) is 4.20. The van der Waals surface area contributed by atoms with Crippen LogP contribution >= 0.6 is 24.0 Å². The molecule has 2 aliphatic heterocycles. The summed E-state index contributed by atoms with van der Waals surface area (Å²) in [6.07, 6.45) is 5.16. The number of halogens is 1. The summed E-state index contributed by atoms with van der Waals surface area (Å²) in [5.74, 6) is 0.960. The van der Waals surface area contributed by atoms with Crippen LogP contribution in [0.15, 0.2) is 47.7 Å². The van der Waals surface area contributed by atoms with Crippen LogP contribution in [0.1, 0.15) is 11.1 Å². The molecule has 4 rings (SSSR count). The van der Waals surface area contributed by atoms with Gasteiger partial charge in [-0.05, 0) is 17.5 Å². The topological polar surface area (TPSA) is 57.9 Å². The van der Waals surface area contributed by atoms with E-state index in [9.17, 15) is 0 Å². The normalized spacial score (nSPS) is 22.3. The standard InChI is InChI=1S/C21H30N6O.HI/c1-22-21(23-9-8-18-12-24-25(2)13-18)27-15-19-20(16-27)28-11-10-26(19)14-17-6-4-3-5-7-17;/h3-7,12-13,19-20H,8-11,14-16H2,1-2H3,(H,22,23);1H. The molecule has 2 aliphatic rings. The van der Waals surface area contributed by atoms with Gasteiger partial charge in [0.15, 0.2) is 5.96 Å². The van der Waals surface area contributed by atoms with Crippen molar-refractivity contribution in [2.75, 3.05) is 39.8 Å². The van der Waals surface area contributed by atoms with Crippen LogP contribution in [0, 0.1) is 0 Å². The fourth-order valence-corrected chi connectivity index (χ4v) is 4.20. The van der Waals surface area contributed by atoms with Gasteiger partial charge in [0, 0.05) is 53.0 Å². The Morgan fingerprint density at radius 3 is 2.79 bits per heavy atom. The van der Waals surface area contributed by atoms with Crippen molar-refractivity contribution < 1.29 is 4.74 Å². The number of guanidine groups is 1. The van der Waals surface area contributed by atoms with Crippen LogP contribution in [0.3, 0.4) is 0 Å². The number of benzene rings is 1. The number of hydrogen-bond donors (Lipinski definition) is 1. The Labute approximate surface area is 190 Å². The zero-order valence-corrected chi connectivity index (χ0v) is 19.5. The predicted molar refractivity (Wildman–Crippen MR) is 126 cm³/mol. The zero-order chi connectivity index (χ0) is 19.3. The number of nitrogens with zero attached hydrogens (tertiary/aromatic N) is 5. The minimum absolute atomic E-state index is 0. The maximum Gasteiger partial charge on any atom is 0.193 e. The lowest BCUT2D eigenvalue weighted by Gasteiger charge is -2.36. The van der Waals surface area contributed by atoms with E-state index >= 15 is 0 Å². The zero-order valence-electron chi connectivity index (χ0n) is 17.2. The van der Waals surface area contributed by atoms with Crippen LogP contribution in [-0.4, -0.2) is 77.5 Å². The first-order valence-corrected chi connectivity index (χ1v) is 10.1. The molecular weight excluding hydrogens is 479 g/mol. The number of aliphatic imine (C=N–C) groups is 1. The Morgan fingerprint density at radius 2 is 2.07 bits per heavy atom. The molecular formula is C21H31IN6O. The SMILES string of the molecule is CN=C(NCCc1cnn(C)c1)N1CC2OCCN(Cc3ccccc3)C2C1.I. The second-order valence-corrected chi connectivity index (χ2v) is 7.58. The lowest BCUT2D eigenvalue weighted by molar-refractivity contribution is -0.0502. The molecule has 8 heteroatoms. The summed E-state index contributed by atoms with van der Waals surface area (Å²) in [5.41, 5.74) is 2.60. The van der Waals surface area contributed by atoms with Crippen molar-refractivity contribution in [3.8, 4) is 0 Å². The molecule has 1 aromatic heterocycles. The van der Waals surface area contributed by atoms with Crippen molar-refractivity contribution in [2.24, 2.45) is 12.0 Å². The quantitative estimate of drug-likeness (QED) is 0.378. The van der Waals surface area contributed by atoms with Gasteiger partial charge in [0.05, 0.1) is 24.9 Å². The third-order valence-corrected chi connectivity index (χ3v) is 5.61. The Balaban J connectivity index is 0.00000240. The van der Waals surface area contributed by atoms with Crippen molar-refractivity contribution in [1.82, 2.24) is 24.9 Å². The van der Waals surface area contributed by atoms with Gasteiger partial charge in [-0.15, -0.1) is 24.0 Å². The first-order valence-electron chi connectivity index (χ1n) is 10.1. The summed E-state index contributed by atoms with van der Waals surface area (Å²) in [5, 5.41) is 7.74. The molecule has 2 unspecified atom stereocenters. The van der Waals surface area contributed by atoms with E-state index in [-0.39, 0.29) is 30.1 Å². The number of rotatable bonds is 5. The van der Waals surface area contributed by atoms with Gasteiger partial charge in [0.25, 0.3) is 0 Å². The lowest BCUT2D eigenvalue weighted by atomic mass is 10.1. The number of likely N-dealkylation sites (tertiary alicyclic amines) is 1. The number of fused-ring (bicyclic) bond motifs is 1. The van der Waals surface area contributed by atoms with Crippen molar-refractivity contribution in [3.63, 3.8) is 0 Å². The average molecular weight is 510 g/mol. The van der Waals surface area contributed by atoms with Gasteiger partial charge in [-0.25, -0.2) is 0 Å². The summed E-state index contributed by atoms with van der Waals surface area (Å²) >= 11 is 0. The van der Waals surface area contributed by atoms with Gasteiger partial charge in [0.1, 0.15) is 0 Å². The molecule has 2 fully saturated rings. The van der Waals surface area contributed by atoms with Crippen molar-refractivity contribution in [2.45, 2.75) is 25.1 Å². The number of nitrogens with one attached hydrogen (secondary N) is 1. The summed E-state index contributed by atoms with van der Waals surface area (Å²) < 4.78 is 7.94. The first-order chi connectivity index (χ1) is 13.7. The van der Waals surface area contributed by atoms with Crippen LogP contribution < -0.4 is 5.32 Å². The van der Waals surface area contributed by atoms with Crippen molar-refractivity contribution in [1.29, 1.82) is 0 Å². The molecule has 1 aromatic carbocycles. The van der Waals surface area contributed by atoms with Crippen LogP contribution in [0.5, 0.6) is 0 Å². The van der Waals surface area contributed by atoms with E-state index in [0.717, 1.165) is 51.7 Å². The third-order valence-electron chi connectivity index (χ3n) is 5.61. The fraction of sp³-hybridized carbons (Fsp3) is 0.524. The minimum Gasteiger partial charge on any atom is -0.373 e. The maximum atomic E-state index is 6.09. The highest BCUT2D eigenvalue weighted by Crippen LogP contribution is 2.24. The molecule has 0 saturated carbocycles. The molecule has 2 atom stereocenters. The summed E-state index contributed by atoms with van der Waals surface area (Å²) in [6, 6.07) is 11.1. The lowest BCUT2D eigenvalue weighted by Crippen LogP contribution is -2.50. The van der Waals surface area contributed by atoms with Crippen LogP contribution in [-0.2, 0) is 24.8 Å². The molecule has 1 N–H and O–H groups in total. The number of aromatic nitrogens is 2. The van der Waals surface area contributed by atoms with E-state index in [1.165, 1.54) is 11.1 Å². The highest BCUT2D eigenvalue weighted by atomic mass is 127. The Bertz CT molecular complexity index is 795. The van der Waals surface area contributed by atoms with E-state index in [0.29, 0.717) is 6.04 Å². The second kappa shape index (κ2) is 10.4. The minimum atomic E-state index is 0. The molecule has 0 bridgehead atoms. The van der Waals surface area contributed by atoms with Crippen LogP contribution in [0.25, 0.3) is 0 Å². The molecule has 2 aromatic rings. The maximum absolute atomic E-state index is 6.09. The number of ether oxygens (including phenoxy) is 1. The van der Waals surface area contributed by atoms with Gasteiger partial charge >= 0.3 is 0 Å². The highest BCUT2D eigenvalue weighted by molar-refractivity contribution is 14.0. The van der Waals surface area contributed by atoms with Gasteiger partial charge < -0.3 is 15.0 Å². The molecule has 3 heterocycles.